The standard InChI is InChI=1S/C14H8F6O8S2/c15-12(16,13(17,18)29(23,24)25)14(19,20)30(26,27)28-10-6-2-3-7-8(10)4-1-5-9(7)11(21)22/h1-6H,(H,21,22)(H,23,24,25). The Morgan fingerprint density at radius 1 is 0.833 bits per heavy atom. The van der Waals surface area contributed by atoms with Crippen molar-refractivity contribution in [2.24, 2.45) is 0 Å². The van der Waals surface area contributed by atoms with Gasteiger partial charge in [0.15, 0.2) is 5.75 Å². The SMILES string of the molecule is O=C(O)c1cccc2c(OS(=O)(=O)C(F)(F)C(F)(F)C(F)(F)S(=O)(=O)O)cccc12. The predicted octanol–water partition coefficient (Wildman–Crippen LogP) is 2.96. The van der Waals surface area contributed by atoms with Crippen molar-refractivity contribution in [3.05, 3.63) is 42.0 Å². The quantitative estimate of drug-likeness (QED) is 0.350. The van der Waals surface area contributed by atoms with Crippen molar-refractivity contribution >= 4 is 37.0 Å². The molecule has 2 rings (SSSR count). The zero-order valence-corrected chi connectivity index (χ0v) is 15.5. The van der Waals surface area contributed by atoms with Gasteiger partial charge in [0, 0.05) is 5.39 Å². The first-order chi connectivity index (χ1) is 13.4. The van der Waals surface area contributed by atoms with Crippen molar-refractivity contribution in [1.29, 1.82) is 0 Å². The molecule has 2 aromatic rings. The summed E-state index contributed by atoms with van der Waals surface area (Å²) in [6.07, 6.45) is 0. The molecule has 30 heavy (non-hydrogen) atoms. The van der Waals surface area contributed by atoms with Gasteiger partial charge in [-0.15, -0.1) is 0 Å². The summed E-state index contributed by atoms with van der Waals surface area (Å²) in [6, 6.07) is 5.60. The Hall–Kier alpha value is -2.59. The number of carboxylic acids is 1. The molecule has 0 aliphatic heterocycles. The first-order valence-corrected chi connectivity index (χ1v) is 10.0. The van der Waals surface area contributed by atoms with E-state index in [1.54, 1.807) is 0 Å². The second-order valence-corrected chi connectivity index (χ2v) is 8.63. The molecule has 0 spiro atoms. The molecule has 0 bridgehead atoms. The fraction of sp³-hybridized carbons (Fsp3) is 0.214. The van der Waals surface area contributed by atoms with Gasteiger partial charge >= 0.3 is 42.6 Å². The number of carbonyl (C=O) groups is 1. The van der Waals surface area contributed by atoms with Crippen LogP contribution in [-0.4, -0.2) is 48.9 Å². The van der Waals surface area contributed by atoms with E-state index < -0.39 is 59.3 Å². The van der Waals surface area contributed by atoms with E-state index in [1.165, 1.54) is 0 Å². The van der Waals surface area contributed by atoms with E-state index in [0.717, 1.165) is 30.3 Å². The van der Waals surface area contributed by atoms with E-state index in [0.29, 0.717) is 6.07 Å². The third-order valence-electron chi connectivity index (χ3n) is 3.68. The lowest BCUT2D eigenvalue weighted by molar-refractivity contribution is -0.247. The molecule has 0 heterocycles. The molecule has 0 unspecified atom stereocenters. The normalized spacial score (nSPS) is 14.0. The number of fused-ring (bicyclic) bond motifs is 1. The fourth-order valence-electron chi connectivity index (χ4n) is 2.20. The summed E-state index contributed by atoms with van der Waals surface area (Å²) in [5.74, 6) is -9.84. The molecule has 0 aromatic heterocycles. The highest BCUT2D eigenvalue weighted by Gasteiger charge is 2.83. The smallest absolute Gasteiger partial charge is 0.450 e. The van der Waals surface area contributed by atoms with Crippen LogP contribution in [0.25, 0.3) is 10.8 Å². The summed E-state index contributed by atoms with van der Waals surface area (Å²) < 4.78 is 138. The van der Waals surface area contributed by atoms with Crippen molar-refractivity contribution < 1.29 is 61.8 Å². The van der Waals surface area contributed by atoms with Crippen molar-refractivity contribution in [3.8, 4) is 5.75 Å². The van der Waals surface area contributed by atoms with Crippen LogP contribution in [0.15, 0.2) is 36.4 Å². The Bertz CT molecular complexity index is 1220. The lowest BCUT2D eigenvalue weighted by atomic mass is 10.0. The number of alkyl halides is 6. The molecule has 2 aromatic carbocycles. The minimum absolute atomic E-state index is 0.281. The maximum absolute atomic E-state index is 13.9. The van der Waals surface area contributed by atoms with Crippen LogP contribution in [0.1, 0.15) is 10.4 Å². The number of aromatic carboxylic acids is 1. The lowest BCUT2D eigenvalue weighted by Gasteiger charge is -2.29. The first kappa shape index (κ1) is 23.7. The van der Waals surface area contributed by atoms with Gasteiger partial charge in [-0.1, -0.05) is 24.3 Å². The van der Waals surface area contributed by atoms with Gasteiger partial charge in [0.05, 0.1) is 5.56 Å². The molecule has 8 nitrogen and oxygen atoms in total. The second-order valence-electron chi connectivity index (χ2n) is 5.58. The second kappa shape index (κ2) is 6.98. The molecule has 0 aliphatic rings. The summed E-state index contributed by atoms with van der Waals surface area (Å²) >= 11 is 0. The Labute approximate surface area is 163 Å². The molecular weight excluding hydrogens is 474 g/mol. The predicted molar refractivity (Wildman–Crippen MR) is 86.8 cm³/mol. The first-order valence-electron chi connectivity index (χ1n) is 7.18. The minimum Gasteiger partial charge on any atom is -0.478 e. The Balaban J connectivity index is 2.64. The number of rotatable bonds is 7. The number of benzene rings is 2. The zero-order valence-electron chi connectivity index (χ0n) is 13.9. The van der Waals surface area contributed by atoms with Crippen LogP contribution in [0.2, 0.25) is 0 Å². The van der Waals surface area contributed by atoms with E-state index in [2.05, 4.69) is 4.18 Å². The van der Waals surface area contributed by atoms with Crippen LogP contribution in [0.3, 0.4) is 0 Å². The summed E-state index contributed by atoms with van der Waals surface area (Å²) in [4.78, 5) is 11.2. The molecule has 0 saturated heterocycles. The van der Waals surface area contributed by atoms with E-state index in [4.69, 9.17) is 9.66 Å². The van der Waals surface area contributed by atoms with Crippen LogP contribution >= 0.6 is 0 Å². The Kier molecular flexibility index (Phi) is 5.51. The van der Waals surface area contributed by atoms with Gasteiger partial charge in [-0.05, 0) is 17.5 Å². The number of carboxylic acid groups (broad SMARTS) is 1. The molecule has 2 N–H and O–H groups in total. The molecule has 0 atom stereocenters. The van der Waals surface area contributed by atoms with Gasteiger partial charge in [-0.25, -0.2) is 4.79 Å². The Morgan fingerprint density at radius 3 is 1.83 bits per heavy atom. The highest BCUT2D eigenvalue weighted by Crippen LogP contribution is 2.51. The maximum Gasteiger partial charge on any atom is 0.450 e. The molecule has 166 valence electrons. The van der Waals surface area contributed by atoms with E-state index >= 15 is 0 Å². The summed E-state index contributed by atoms with van der Waals surface area (Å²) in [7, 11) is -14.2. The Morgan fingerprint density at radius 2 is 1.33 bits per heavy atom. The molecule has 0 amide bonds. The highest BCUT2D eigenvalue weighted by molar-refractivity contribution is 7.88. The van der Waals surface area contributed by atoms with Crippen LogP contribution in [-0.2, 0) is 20.2 Å². The highest BCUT2D eigenvalue weighted by atomic mass is 32.2. The fourth-order valence-corrected chi connectivity index (χ4v) is 3.64. The topological polar surface area (TPSA) is 135 Å². The molecule has 0 aliphatic carbocycles. The van der Waals surface area contributed by atoms with Gasteiger partial charge < -0.3 is 9.29 Å². The molecule has 0 fully saturated rings. The molecule has 0 radical (unpaired) electrons. The summed E-state index contributed by atoms with van der Waals surface area (Å²) in [5.41, 5.74) is -0.467. The average Bonchev–Trinajstić information content (AvgIpc) is 2.59. The third kappa shape index (κ3) is 3.43. The van der Waals surface area contributed by atoms with Crippen molar-refractivity contribution in [1.82, 2.24) is 0 Å². The average molecular weight is 482 g/mol. The van der Waals surface area contributed by atoms with Gasteiger partial charge in [-0.2, -0.15) is 43.2 Å². The van der Waals surface area contributed by atoms with E-state index in [9.17, 15) is 48.0 Å². The van der Waals surface area contributed by atoms with E-state index in [-0.39, 0.29) is 5.39 Å². The van der Waals surface area contributed by atoms with Crippen molar-refractivity contribution in [2.75, 3.05) is 0 Å². The van der Waals surface area contributed by atoms with Gasteiger partial charge in [-0.3, -0.25) is 4.55 Å². The van der Waals surface area contributed by atoms with Crippen LogP contribution < -0.4 is 4.18 Å². The molecule has 0 saturated carbocycles. The van der Waals surface area contributed by atoms with E-state index in [1.807, 2.05) is 0 Å². The lowest BCUT2D eigenvalue weighted by Crippen LogP contribution is -2.61. The van der Waals surface area contributed by atoms with Crippen molar-refractivity contribution in [2.45, 2.75) is 16.4 Å². The van der Waals surface area contributed by atoms with Crippen LogP contribution in [0.5, 0.6) is 5.75 Å². The monoisotopic (exact) mass is 482 g/mol. The largest absolute Gasteiger partial charge is 0.478 e. The van der Waals surface area contributed by atoms with Crippen LogP contribution in [0, 0.1) is 0 Å². The van der Waals surface area contributed by atoms with Crippen molar-refractivity contribution in [3.63, 3.8) is 0 Å². The van der Waals surface area contributed by atoms with Gasteiger partial charge in [0.25, 0.3) is 0 Å². The molecular formula is C14H8F6O8S2. The van der Waals surface area contributed by atoms with Crippen LogP contribution in [0.4, 0.5) is 26.3 Å². The van der Waals surface area contributed by atoms with Gasteiger partial charge in [0.1, 0.15) is 0 Å². The zero-order chi connectivity index (χ0) is 23.3. The molecule has 16 heteroatoms. The number of halogens is 6. The third-order valence-corrected chi connectivity index (χ3v) is 5.87. The summed E-state index contributed by atoms with van der Waals surface area (Å²) in [5, 5.41) is -5.46. The van der Waals surface area contributed by atoms with Gasteiger partial charge in [0.2, 0.25) is 0 Å². The maximum atomic E-state index is 13.9. The summed E-state index contributed by atoms with van der Waals surface area (Å²) in [6.45, 7) is 0. The minimum atomic E-state index is -7.17. The number of hydrogen-bond acceptors (Lipinski definition) is 6. The number of hydrogen-bond donors (Lipinski definition) is 2.